The van der Waals surface area contributed by atoms with Gasteiger partial charge in [0.1, 0.15) is 11.6 Å². The number of Topliss-reactive ketones (excluding diaryl/α,β-unsaturated/α-hetero) is 2. The van der Waals surface area contributed by atoms with Crippen LogP contribution in [0.15, 0.2) is 70.5 Å². The molecular weight excluding hydrogens is 633 g/mol. The molecule has 8 fully saturated rings. The van der Waals surface area contributed by atoms with Crippen molar-refractivity contribution in [2.75, 3.05) is 11.5 Å². The number of epoxide rings is 2. The first-order valence-corrected chi connectivity index (χ1v) is 21.2. The average Bonchev–Trinajstić information content (AvgIpc) is 3.99. The summed E-state index contributed by atoms with van der Waals surface area (Å²) in [7, 11) is 0. The van der Waals surface area contributed by atoms with Crippen LogP contribution in [0.1, 0.15) is 116 Å². The highest BCUT2D eigenvalue weighted by Crippen LogP contribution is 2.72. The molecule has 0 radical (unpaired) electrons. The number of ketones is 2. The monoisotopic (exact) mass is 684 g/mol. The van der Waals surface area contributed by atoms with Gasteiger partial charge in [-0.2, -0.15) is 0 Å². The van der Waals surface area contributed by atoms with E-state index in [0.29, 0.717) is 23.4 Å². The molecule has 6 heteroatoms. The maximum absolute atomic E-state index is 13.1. The van der Waals surface area contributed by atoms with Gasteiger partial charge in [0, 0.05) is 45.0 Å². The molecule has 8 atom stereocenters. The maximum Gasteiger partial charge on any atom is 0.140 e. The number of fused-ring (bicyclic) bond motifs is 2. The lowest BCUT2D eigenvalue weighted by molar-refractivity contribution is -0.137. The van der Waals surface area contributed by atoms with Gasteiger partial charge in [-0.1, -0.05) is 62.1 Å². The molecule has 8 aliphatic rings. The van der Waals surface area contributed by atoms with Gasteiger partial charge in [0.2, 0.25) is 0 Å². The first-order valence-electron chi connectivity index (χ1n) is 19.2. The lowest BCUT2D eigenvalue weighted by Gasteiger charge is -2.50. The minimum absolute atomic E-state index is 0.0615. The summed E-state index contributed by atoms with van der Waals surface area (Å²) in [6.07, 6.45) is 20.5. The van der Waals surface area contributed by atoms with Crippen LogP contribution in [-0.2, 0) is 19.1 Å². The van der Waals surface area contributed by atoms with Gasteiger partial charge in [0.05, 0.1) is 22.4 Å². The van der Waals surface area contributed by atoms with E-state index in [4.69, 9.17) is 9.47 Å². The second kappa shape index (κ2) is 12.0. The Kier molecular flexibility index (Phi) is 8.07. The molecule has 2 aromatic carbocycles. The van der Waals surface area contributed by atoms with E-state index in [-0.39, 0.29) is 33.2 Å². The molecule has 0 N–H and O–H groups in total. The van der Waals surface area contributed by atoms with Crippen LogP contribution in [0.5, 0.6) is 0 Å². The zero-order valence-corrected chi connectivity index (χ0v) is 30.2. The third-order valence-corrected chi connectivity index (χ3v) is 17.1. The normalized spacial score (nSPS) is 43.5. The Labute approximate surface area is 295 Å². The van der Waals surface area contributed by atoms with E-state index in [1.165, 1.54) is 74.0 Å². The van der Waals surface area contributed by atoms with E-state index in [9.17, 15) is 9.59 Å². The molecule has 0 amide bonds. The lowest BCUT2D eigenvalue weighted by Crippen LogP contribution is -2.54. The van der Waals surface area contributed by atoms with Crippen LogP contribution in [-0.4, -0.2) is 45.5 Å². The minimum Gasteiger partial charge on any atom is -0.362 e. The lowest BCUT2D eigenvalue weighted by atomic mass is 9.52. The Bertz CT molecular complexity index is 1430. The van der Waals surface area contributed by atoms with Gasteiger partial charge in [0.25, 0.3) is 0 Å². The zero-order valence-electron chi connectivity index (χ0n) is 28.5. The van der Waals surface area contributed by atoms with E-state index in [1.807, 2.05) is 23.5 Å². The molecule has 2 heterocycles. The molecule has 48 heavy (non-hydrogen) atoms. The Morgan fingerprint density at radius 2 is 0.938 bits per heavy atom. The molecule has 2 aromatic rings. The van der Waals surface area contributed by atoms with Crippen LogP contribution in [0, 0.1) is 22.7 Å². The maximum atomic E-state index is 13.1. The summed E-state index contributed by atoms with van der Waals surface area (Å²) < 4.78 is 12.9. The molecule has 2 saturated heterocycles. The Morgan fingerprint density at radius 3 is 1.35 bits per heavy atom. The quantitative estimate of drug-likeness (QED) is 0.223. The second-order valence-electron chi connectivity index (χ2n) is 16.9. The van der Waals surface area contributed by atoms with Crippen molar-refractivity contribution >= 4 is 35.1 Å². The highest BCUT2D eigenvalue weighted by atomic mass is 32.2. The first kappa shape index (κ1) is 32.3. The molecule has 6 aliphatic carbocycles. The molecule has 4 nitrogen and oxygen atoms in total. The van der Waals surface area contributed by atoms with E-state index in [0.717, 1.165) is 62.9 Å². The predicted octanol–water partition coefficient (Wildman–Crippen LogP) is 10.0. The summed E-state index contributed by atoms with van der Waals surface area (Å²) in [6, 6.07) is 21.2. The first-order chi connectivity index (χ1) is 23.4. The van der Waals surface area contributed by atoms with Crippen molar-refractivity contribution < 1.29 is 19.1 Å². The van der Waals surface area contributed by atoms with Crippen LogP contribution < -0.4 is 0 Å². The third kappa shape index (κ3) is 5.07. The van der Waals surface area contributed by atoms with E-state index in [2.05, 4.69) is 60.7 Å². The summed E-state index contributed by atoms with van der Waals surface area (Å²) in [5.41, 5.74) is 0.188. The highest BCUT2D eigenvalue weighted by molar-refractivity contribution is 7.99. The van der Waals surface area contributed by atoms with Crippen molar-refractivity contribution in [3.05, 3.63) is 60.7 Å². The molecular formula is C42H52O4S2. The Balaban J connectivity index is 0.000000131. The standard InChI is InChI=1S/2C21H26O2S/c2*22-18-10-6-7-16-13-20-11-4-5-12-21(20,23-20)14-19(16,18)15-24-17-8-2-1-3-9-17/h2*1-3,8-9,16H,4-7,10-15H2/t2*16-,19+,20-,21+/m11/s1. The minimum atomic E-state index is -0.129. The zero-order chi connectivity index (χ0) is 32.5. The molecule has 256 valence electrons. The molecule has 2 aliphatic heterocycles. The van der Waals surface area contributed by atoms with Crippen molar-refractivity contribution in [1.82, 2.24) is 0 Å². The number of carbonyl (C=O) groups is 2. The van der Waals surface area contributed by atoms with E-state index >= 15 is 0 Å². The van der Waals surface area contributed by atoms with Crippen LogP contribution in [0.4, 0.5) is 0 Å². The van der Waals surface area contributed by atoms with Crippen molar-refractivity contribution in [3.63, 3.8) is 0 Å². The van der Waals surface area contributed by atoms with Crippen molar-refractivity contribution in [3.8, 4) is 0 Å². The van der Waals surface area contributed by atoms with Crippen LogP contribution in [0.25, 0.3) is 0 Å². The summed E-state index contributed by atoms with van der Waals surface area (Å²) >= 11 is 3.77. The molecule has 0 unspecified atom stereocenters. The third-order valence-electron chi connectivity index (χ3n) is 14.6. The van der Waals surface area contributed by atoms with E-state index in [1.54, 1.807) is 0 Å². The second-order valence-corrected chi connectivity index (χ2v) is 19.0. The van der Waals surface area contributed by atoms with Gasteiger partial charge in [0.15, 0.2) is 0 Å². The fourth-order valence-corrected chi connectivity index (χ4v) is 14.6. The van der Waals surface area contributed by atoms with Crippen molar-refractivity contribution in [2.45, 2.75) is 148 Å². The van der Waals surface area contributed by atoms with Gasteiger partial charge in [-0.05, 0) is 113 Å². The SMILES string of the molecule is O=C1CCC[C@@H]2C[C@]34CCCC[C@@]3(C[C@@]12CSc1ccccc1)O4.O=C1CCC[C@@H]2C[C@]34CCCC[C@@]3(C[C@@]12CSc1ccccc1)O4. The van der Waals surface area contributed by atoms with Crippen LogP contribution in [0.3, 0.4) is 0 Å². The number of thioether (sulfide) groups is 2. The predicted molar refractivity (Wildman–Crippen MR) is 192 cm³/mol. The van der Waals surface area contributed by atoms with Crippen LogP contribution >= 0.6 is 23.5 Å². The molecule has 0 aromatic heterocycles. The fraction of sp³-hybridized carbons (Fsp3) is 0.667. The van der Waals surface area contributed by atoms with E-state index < -0.39 is 0 Å². The van der Waals surface area contributed by atoms with Gasteiger partial charge >= 0.3 is 0 Å². The number of benzene rings is 2. The van der Waals surface area contributed by atoms with Gasteiger partial charge in [-0.15, -0.1) is 23.5 Å². The summed E-state index contributed by atoms with van der Waals surface area (Å²) in [5, 5.41) is 0. The molecule has 0 spiro atoms. The largest absolute Gasteiger partial charge is 0.362 e. The number of hydrogen-bond acceptors (Lipinski definition) is 6. The number of carbonyl (C=O) groups excluding carboxylic acids is 2. The average molecular weight is 685 g/mol. The van der Waals surface area contributed by atoms with Crippen molar-refractivity contribution in [1.29, 1.82) is 0 Å². The topological polar surface area (TPSA) is 59.2 Å². The van der Waals surface area contributed by atoms with Gasteiger partial charge < -0.3 is 9.47 Å². The number of rotatable bonds is 6. The Hall–Kier alpha value is -1.60. The Morgan fingerprint density at radius 1 is 0.542 bits per heavy atom. The van der Waals surface area contributed by atoms with Gasteiger partial charge in [-0.25, -0.2) is 0 Å². The van der Waals surface area contributed by atoms with Crippen molar-refractivity contribution in [2.24, 2.45) is 22.7 Å². The van der Waals surface area contributed by atoms with Crippen LogP contribution in [0.2, 0.25) is 0 Å². The highest BCUT2D eigenvalue weighted by Gasteiger charge is 2.78. The smallest absolute Gasteiger partial charge is 0.140 e. The molecule has 6 saturated carbocycles. The number of ether oxygens (including phenoxy) is 2. The van der Waals surface area contributed by atoms with Gasteiger partial charge in [-0.3, -0.25) is 9.59 Å². The fourth-order valence-electron chi connectivity index (χ4n) is 12.1. The molecule has 0 bridgehead atoms. The summed E-state index contributed by atoms with van der Waals surface area (Å²) in [6.45, 7) is 0. The summed E-state index contributed by atoms with van der Waals surface area (Å²) in [5.74, 6) is 4.05. The number of hydrogen-bond donors (Lipinski definition) is 0. The summed E-state index contributed by atoms with van der Waals surface area (Å²) in [4.78, 5) is 28.9. The molecule has 10 rings (SSSR count).